The molecule has 3 aromatic carbocycles. The summed E-state index contributed by atoms with van der Waals surface area (Å²) >= 11 is 12.1. The molecule has 0 heterocycles. The van der Waals surface area contributed by atoms with Gasteiger partial charge in [0.25, 0.3) is 11.8 Å². The monoisotopic (exact) mass is 543 g/mol. The second-order valence-corrected chi connectivity index (χ2v) is 8.75. The van der Waals surface area contributed by atoms with Gasteiger partial charge in [0.15, 0.2) is 17.6 Å². The van der Waals surface area contributed by atoms with E-state index in [1.165, 1.54) is 26.5 Å². The number of amides is 2. The number of rotatable bonds is 11. The Labute approximate surface area is 225 Å². The number of hydrogen-bond acceptors (Lipinski definition) is 6. The van der Waals surface area contributed by atoms with Crippen LogP contribution in [-0.4, -0.2) is 44.4 Å². The summed E-state index contributed by atoms with van der Waals surface area (Å²) in [6.07, 6.45) is 0.744. The summed E-state index contributed by atoms with van der Waals surface area (Å²) in [5.41, 5.74) is 3.95. The number of methoxy groups -OCH3 is 2. The summed E-state index contributed by atoms with van der Waals surface area (Å²) in [4.78, 5) is 26.0. The molecule has 3 rings (SSSR count). The first-order chi connectivity index (χ1) is 17.8. The molecule has 2 amide bonds. The van der Waals surface area contributed by atoms with Crippen LogP contribution in [0.2, 0.25) is 10.0 Å². The number of benzene rings is 3. The average Bonchev–Trinajstić information content (AvgIpc) is 2.90. The summed E-state index contributed by atoms with van der Waals surface area (Å²) in [7, 11) is 3.04. The Morgan fingerprint density at radius 3 is 2.38 bits per heavy atom. The van der Waals surface area contributed by atoms with Gasteiger partial charge in [-0.3, -0.25) is 9.59 Å². The van der Waals surface area contributed by atoms with Crippen molar-refractivity contribution in [2.45, 2.75) is 25.5 Å². The maximum atomic E-state index is 13.1. The third-order valence-electron chi connectivity index (χ3n) is 5.29. The van der Waals surface area contributed by atoms with Gasteiger partial charge in [-0.1, -0.05) is 59.6 Å². The fourth-order valence-corrected chi connectivity index (χ4v) is 3.87. The molecule has 0 saturated heterocycles. The summed E-state index contributed by atoms with van der Waals surface area (Å²) in [6, 6.07) is 18.4. The van der Waals surface area contributed by atoms with Crippen molar-refractivity contribution in [1.82, 2.24) is 10.7 Å². The number of nitrogens with one attached hydrogen (secondary N) is 2. The van der Waals surface area contributed by atoms with Crippen LogP contribution in [-0.2, 0) is 16.0 Å². The molecule has 0 aliphatic rings. The number of carbonyl (C=O) groups is 2. The maximum absolute atomic E-state index is 13.1. The summed E-state index contributed by atoms with van der Waals surface area (Å²) < 4.78 is 16.3. The number of hydrazone groups is 1. The molecule has 0 aliphatic heterocycles. The lowest BCUT2D eigenvalue weighted by Gasteiger charge is -2.21. The minimum atomic E-state index is -0.936. The Hall–Kier alpha value is -3.75. The van der Waals surface area contributed by atoms with E-state index >= 15 is 0 Å². The van der Waals surface area contributed by atoms with E-state index in [2.05, 4.69) is 15.8 Å². The van der Waals surface area contributed by atoms with E-state index in [4.69, 9.17) is 37.4 Å². The lowest BCUT2D eigenvalue weighted by Crippen LogP contribution is -2.50. The maximum Gasteiger partial charge on any atom is 0.262 e. The molecule has 0 aliphatic carbocycles. The fraction of sp³-hybridized carbons (Fsp3) is 0.222. The summed E-state index contributed by atoms with van der Waals surface area (Å²) in [5, 5.41) is 7.51. The molecule has 2 atom stereocenters. The van der Waals surface area contributed by atoms with Gasteiger partial charge in [0, 0.05) is 17.0 Å². The first kappa shape index (κ1) is 27.8. The lowest BCUT2D eigenvalue weighted by atomic mass is 10.1. The van der Waals surface area contributed by atoms with Crippen molar-refractivity contribution in [3.8, 4) is 17.2 Å². The molecule has 0 saturated carbocycles. The quantitative estimate of drug-likeness (QED) is 0.271. The number of halogens is 2. The number of nitrogens with zero attached hydrogens (tertiary/aromatic N) is 1. The van der Waals surface area contributed by atoms with Crippen molar-refractivity contribution in [1.29, 1.82) is 0 Å². The normalized spacial score (nSPS) is 12.5. The molecule has 0 aromatic heterocycles. The first-order valence-electron chi connectivity index (χ1n) is 11.3. The van der Waals surface area contributed by atoms with Gasteiger partial charge in [0.05, 0.1) is 25.5 Å². The van der Waals surface area contributed by atoms with Crippen molar-refractivity contribution < 1.29 is 23.8 Å². The zero-order valence-corrected chi connectivity index (χ0v) is 22.0. The van der Waals surface area contributed by atoms with Crippen LogP contribution in [0.3, 0.4) is 0 Å². The molecule has 0 bridgehead atoms. The summed E-state index contributed by atoms with van der Waals surface area (Å²) in [6.45, 7) is 1.56. The van der Waals surface area contributed by atoms with Gasteiger partial charge >= 0.3 is 0 Å². The van der Waals surface area contributed by atoms with E-state index in [1.54, 1.807) is 37.3 Å². The molecule has 194 valence electrons. The highest BCUT2D eigenvalue weighted by molar-refractivity contribution is 6.35. The zero-order chi connectivity index (χ0) is 26.8. The highest BCUT2D eigenvalue weighted by Crippen LogP contribution is 2.29. The van der Waals surface area contributed by atoms with Crippen molar-refractivity contribution in [3.63, 3.8) is 0 Å². The van der Waals surface area contributed by atoms with Gasteiger partial charge in [-0.15, -0.1) is 0 Å². The molecule has 0 unspecified atom stereocenters. The van der Waals surface area contributed by atoms with E-state index < -0.39 is 24.0 Å². The Balaban J connectivity index is 1.72. The number of ether oxygens (including phenoxy) is 3. The van der Waals surface area contributed by atoms with Gasteiger partial charge in [-0.2, -0.15) is 5.10 Å². The van der Waals surface area contributed by atoms with Gasteiger partial charge in [-0.25, -0.2) is 5.43 Å². The van der Waals surface area contributed by atoms with Crippen LogP contribution in [0.1, 0.15) is 18.1 Å². The predicted molar refractivity (Wildman–Crippen MR) is 144 cm³/mol. The second-order valence-electron chi connectivity index (χ2n) is 7.90. The molecule has 8 nitrogen and oxygen atoms in total. The van der Waals surface area contributed by atoms with E-state index in [1.807, 2.05) is 30.3 Å². The largest absolute Gasteiger partial charge is 0.493 e. The van der Waals surface area contributed by atoms with E-state index in [0.717, 1.165) is 5.56 Å². The number of carbonyl (C=O) groups excluding carboxylic acids is 2. The zero-order valence-electron chi connectivity index (χ0n) is 20.5. The highest BCUT2D eigenvalue weighted by atomic mass is 35.5. The smallest absolute Gasteiger partial charge is 0.262 e. The molecular weight excluding hydrogens is 517 g/mol. The standard InChI is InChI=1S/C27H27Cl2N3O5/c1-17(37-23-13-12-20(28)15-21(23)29)26(33)31-22(14-18-8-5-4-6-9-18)27(34)32-30-16-19-10-7-11-24(35-2)25(19)36-3/h4-13,15-17,22H,14H2,1-3H3,(H,31,33)(H,32,34)/b30-16-/t17-,22+/m1/s1. The van der Waals surface area contributed by atoms with Crippen molar-refractivity contribution >= 4 is 41.2 Å². The van der Waals surface area contributed by atoms with E-state index in [9.17, 15) is 9.59 Å². The van der Waals surface area contributed by atoms with Gasteiger partial charge < -0.3 is 19.5 Å². The van der Waals surface area contributed by atoms with Crippen LogP contribution in [0.4, 0.5) is 0 Å². The van der Waals surface area contributed by atoms with Crippen LogP contribution in [0.15, 0.2) is 71.8 Å². The van der Waals surface area contributed by atoms with Gasteiger partial charge in [-0.05, 0) is 42.8 Å². The van der Waals surface area contributed by atoms with Crippen LogP contribution >= 0.6 is 23.2 Å². The molecule has 0 spiro atoms. The first-order valence-corrected chi connectivity index (χ1v) is 12.1. The molecule has 2 N–H and O–H groups in total. The van der Waals surface area contributed by atoms with Crippen LogP contribution in [0, 0.1) is 0 Å². The predicted octanol–water partition coefficient (Wildman–Crippen LogP) is 4.66. The van der Waals surface area contributed by atoms with Crippen molar-refractivity contribution in [3.05, 3.63) is 87.9 Å². The second kappa shape index (κ2) is 13.5. The average molecular weight is 544 g/mol. The minimum Gasteiger partial charge on any atom is -0.493 e. The van der Waals surface area contributed by atoms with Crippen LogP contribution in [0.25, 0.3) is 0 Å². The molecule has 37 heavy (non-hydrogen) atoms. The van der Waals surface area contributed by atoms with Crippen LogP contribution < -0.4 is 25.0 Å². The molecule has 10 heteroatoms. The van der Waals surface area contributed by atoms with Crippen molar-refractivity contribution in [2.75, 3.05) is 14.2 Å². The molecule has 0 radical (unpaired) electrons. The summed E-state index contributed by atoms with van der Waals surface area (Å²) in [5.74, 6) is 0.299. The van der Waals surface area contributed by atoms with Crippen LogP contribution in [0.5, 0.6) is 17.2 Å². The molecule has 3 aromatic rings. The van der Waals surface area contributed by atoms with E-state index in [0.29, 0.717) is 27.8 Å². The topological polar surface area (TPSA) is 98.2 Å². The minimum absolute atomic E-state index is 0.241. The third kappa shape index (κ3) is 7.87. The fourth-order valence-electron chi connectivity index (χ4n) is 3.42. The number of para-hydroxylation sites is 1. The Morgan fingerprint density at radius 1 is 0.946 bits per heavy atom. The Kier molecular flexibility index (Phi) is 10.2. The SMILES string of the molecule is COc1cccc(/C=N\NC(=O)[C@H](Cc2ccccc2)NC(=O)[C@@H](C)Oc2ccc(Cl)cc2Cl)c1OC. The lowest BCUT2D eigenvalue weighted by molar-refractivity contribution is -0.132. The van der Waals surface area contributed by atoms with E-state index in [-0.39, 0.29) is 11.4 Å². The van der Waals surface area contributed by atoms with Gasteiger partial charge in [0.2, 0.25) is 0 Å². The molecular formula is C27H27Cl2N3O5. The van der Waals surface area contributed by atoms with Crippen molar-refractivity contribution in [2.24, 2.45) is 5.10 Å². The number of hydrogen-bond donors (Lipinski definition) is 2. The van der Waals surface area contributed by atoms with Gasteiger partial charge in [0.1, 0.15) is 11.8 Å². The Bertz CT molecular complexity index is 1250. The third-order valence-corrected chi connectivity index (χ3v) is 5.82. The molecule has 0 fully saturated rings. The Morgan fingerprint density at radius 2 is 1.70 bits per heavy atom. The highest BCUT2D eigenvalue weighted by Gasteiger charge is 2.25.